The Kier molecular flexibility index (Phi) is 12.3. The predicted molar refractivity (Wildman–Crippen MR) is 180 cm³/mol. The van der Waals surface area contributed by atoms with Gasteiger partial charge in [0.1, 0.15) is 39.5 Å². The van der Waals surface area contributed by atoms with Crippen molar-refractivity contribution >= 4 is 85.4 Å². The van der Waals surface area contributed by atoms with Gasteiger partial charge in [-0.3, -0.25) is 18.9 Å². The van der Waals surface area contributed by atoms with Gasteiger partial charge in [-0.15, -0.1) is 0 Å². The molecular formula is C32H32N2Na2O11S2. The van der Waals surface area contributed by atoms with Gasteiger partial charge in [-0.05, 0) is 98.5 Å². The molecule has 0 spiro atoms. The van der Waals surface area contributed by atoms with Crippen molar-refractivity contribution in [3.8, 4) is 23.0 Å². The van der Waals surface area contributed by atoms with Gasteiger partial charge in [0, 0.05) is 70.2 Å². The molecule has 1 saturated heterocycles. The number of benzene rings is 4. The van der Waals surface area contributed by atoms with E-state index in [1.54, 1.807) is 52.0 Å². The molecule has 1 aliphatic rings. The minimum absolute atomic E-state index is 0. The molecule has 5 rings (SSSR count). The van der Waals surface area contributed by atoms with Crippen LogP contribution in [0, 0.1) is 27.7 Å². The van der Waals surface area contributed by atoms with Crippen molar-refractivity contribution in [3.05, 3.63) is 105 Å². The third-order valence-electron chi connectivity index (χ3n) is 8.21. The van der Waals surface area contributed by atoms with Gasteiger partial charge in [-0.2, -0.15) is 16.8 Å². The molecule has 2 unspecified atom stereocenters. The van der Waals surface area contributed by atoms with Crippen LogP contribution in [0.5, 0.6) is 23.0 Å². The van der Waals surface area contributed by atoms with Crippen molar-refractivity contribution in [2.24, 2.45) is 0 Å². The van der Waals surface area contributed by atoms with E-state index in [-0.39, 0.29) is 99.5 Å². The summed E-state index contributed by atoms with van der Waals surface area (Å²) in [5, 5.41) is 42.6. The fraction of sp³-hybridized carbons (Fsp3) is 0.219. The number of nitrogens with zero attached hydrogens (tertiary/aromatic N) is 2. The van der Waals surface area contributed by atoms with E-state index in [1.165, 1.54) is 21.9 Å². The maximum Gasteiger partial charge on any atom is 0.324 e. The number of carbonyl (C=O) groups excluding carboxylic acids is 1. The summed E-state index contributed by atoms with van der Waals surface area (Å²) in [4.78, 5) is 15.3. The molecule has 2 radical (unpaired) electrons. The Morgan fingerprint density at radius 1 is 0.551 bits per heavy atom. The summed E-state index contributed by atoms with van der Waals surface area (Å²) >= 11 is 0. The van der Waals surface area contributed by atoms with Gasteiger partial charge in [0.25, 0.3) is 20.2 Å². The third-order valence-corrected chi connectivity index (χ3v) is 9.98. The van der Waals surface area contributed by atoms with Gasteiger partial charge < -0.3 is 20.4 Å². The standard InChI is InChI=1S/C32H32N2O11S2.2Na/c1-16-5-7-24(35)22(9-16)30(20-13-28(46(40,41)42)26(37)11-18(20)3)33-15-34(32(33)39)31(23-10-17(2)6-8-25(23)36)21-14-29(47(43,44)45)27(38)12-19(21)4;;/h5-14,30-31,35-38H,15H2,1-4H3,(H,40,41,42)(H,43,44,45);;. The predicted octanol–water partition coefficient (Wildman–Crippen LogP) is 4.05. The summed E-state index contributed by atoms with van der Waals surface area (Å²) in [7, 11) is -9.82. The number of carbonyl (C=O) groups is 1. The van der Waals surface area contributed by atoms with Gasteiger partial charge in [0.2, 0.25) is 0 Å². The summed E-state index contributed by atoms with van der Waals surface area (Å²) < 4.78 is 68.2. The van der Waals surface area contributed by atoms with Gasteiger partial charge >= 0.3 is 6.03 Å². The Morgan fingerprint density at radius 3 is 1.20 bits per heavy atom. The van der Waals surface area contributed by atoms with Crippen LogP contribution in [0.4, 0.5) is 4.79 Å². The summed E-state index contributed by atoms with van der Waals surface area (Å²) in [6.45, 7) is 6.37. The molecule has 49 heavy (non-hydrogen) atoms. The zero-order chi connectivity index (χ0) is 34.7. The fourth-order valence-corrected chi connectivity index (χ4v) is 7.13. The van der Waals surface area contributed by atoms with Gasteiger partial charge in [0.15, 0.2) is 0 Å². The Balaban J connectivity index is 0.00000325. The first-order valence-electron chi connectivity index (χ1n) is 14.1. The Labute approximate surface area is 327 Å². The number of amides is 2. The van der Waals surface area contributed by atoms with E-state index in [0.717, 1.165) is 24.3 Å². The van der Waals surface area contributed by atoms with E-state index in [9.17, 15) is 51.2 Å². The second-order valence-corrected chi connectivity index (χ2v) is 14.4. The Bertz CT molecular complexity index is 2030. The van der Waals surface area contributed by atoms with Gasteiger partial charge in [0.05, 0.1) is 12.1 Å². The van der Waals surface area contributed by atoms with Crippen LogP contribution < -0.4 is 0 Å². The van der Waals surface area contributed by atoms with Crippen LogP contribution in [0.3, 0.4) is 0 Å². The van der Waals surface area contributed by atoms with Crippen molar-refractivity contribution in [1.82, 2.24) is 9.80 Å². The first-order chi connectivity index (χ1) is 21.8. The number of phenolic OH excluding ortho intramolecular Hbond substituents is 4. The number of hydrogen-bond donors (Lipinski definition) is 6. The molecule has 4 aromatic carbocycles. The number of aromatic hydroxyl groups is 4. The SMILES string of the molecule is Cc1ccc(O)c(C(c2cc(S(=O)(=O)O)c(O)cc2C)N2CN(C(c3cc(S(=O)(=O)O)c(O)cc3C)c3cc(C)ccc3O)C2=O)c1.[Na].[Na]. The number of hydrogen-bond acceptors (Lipinski definition) is 9. The molecule has 0 bridgehead atoms. The average molecular weight is 731 g/mol. The summed E-state index contributed by atoms with van der Waals surface area (Å²) in [6.07, 6.45) is 0. The maximum absolute atomic E-state index is 14.3. The van der Waals surface area contributed by atoms with E-state index in [1.807, 2.05) is 0 Å². The van der Waals surface area contributed by atoms with Crippen LogP contribution >= 0.6 is 0 Å². The molecule has 250 valence electrons. The number of phenols is 4. The number of urea groups is 1. The molecule has 1 fully saturated rings. The minimum atomic E-state index is -4.91. The molecule has 2 atom stereocenters. The van der Waals surface area contributed by atoms with Crippen molar-refractivity contribution < 1.29 is 51.2 Å². The summed E-state index contributed by atoms with van der Waals surface area (Å²) in [5.74, 6) is -1.89. The zero-order valence-electron chi connectivity index (χ0n) is 27.6. The van der Waals surface area contributed by atoms with E-state index in [0.29, 0.717) is 22.3 Å². The molecule has 1 aliphatic heterocycles. The Hall–Kier alpha value is -2.83. The van der Waals surface area contributed by atoms with Crippen molar-refractivity contribution in [2.45, 2.75) is 49.6 Å². The van der Waals surface area contributed by atoms with Crippen LogP contribution in [0.1, 0.15) is 56.6 Å². The van der Waals surface area contributed by atoms with Crippen LogP contribution in [0.2, 0.25) is 0 Å². The quantitative estimate of drug-likeness (QED) is 0.112. The normalized spacial score (nSPS) is 14.4. The van der Waals surface area contributed by atoms with Crippen LogP contribution in [0.25, 0.3) is 0 Å². The molecule has 4 aromatic rings. The number of rotatable bonds is 8. The Morgan fingerprint density at radius 2 is 0.898 bits per heavy atom. The monoisotopic (exact) mass is 730 g/mol. The second-order valence-electron chi connectivity index (χ2n) is 11.6. The molecule has 2 amide bonds. The zero-order valence-corrected chi connectivity index (χ0v) is 33.2. The smallest absolute Gasteiger partial charge is 0.324 e. The van der Waals surface area contributed by atoms with E-state index >= 15 is 0 Å². The summed E-state index contributed by atoms with van der Waals surface area (Å²) in [5.41, 5.74) is 2.77. The summed E-state index contributed by atoms with van der Waals surface area (Å²) in [6, 6.07) is 10.5. The molecular weight excluding hydrogens is 698 g/mol. The number of aryl methyl sites for hydroxylation is 4. The average Bonchev–Trinajstić information content (AvgIpc) is 2.95. The molecule has 1 heterocycles. The van der Waals surface area contributed by atoms with Crippen molar-refractivity contribution in [3.63, 3.8) is 0 Å². The first-order valence-corrected chi connectivity index (χ1v) is 17.0. The molecule has 13 nitrogen and oxygen atoms in total. The van der Waals surface area contributed by atoms with Gasteiger partial charge in [-0.1, -0.05) is 23.3 Å². The van der Waals surface area contributed by atoms with Gasteiger partial charge in [-0.25, -0.2) is 4.79 Å². The third kappa shape index (κ3) is 7.91. The molecule has 17 heteroatoms. The van der Waals surface area contributed by atoms with E-state index < -0.39 is 59.6 Å². The largest absolute Gasteiger partial charge is 0.508 e. The van der Waals surface area contributed by atoms with E-state index in [2.05, 4.69) is 0 Å². The maximum atomic E-state index is 14.3. The first kappa shape index (κ1) is 40.6. The van der Waals surface area contributed by atoms with E-state index in [4.69, 9.17) is 0 Å². The van der Waals surface area contributed by atoms with Crippen LogP contribution in [0.15, 0.2) is 70.5 Å². The molecule has 6 N–H and O–H groups in total. The van der Waals surface area contributed by atoms with Crippen molar-refractivity contribution in [1.29, 1.82) is 0 Å². The topological polar surface area (TPSA) is 213 Å². The molecule has 0 aromatic heterocycles. The van der Waals surface area contributed by atoms with Crippen LogP contribution in [-0.4, -0.2) is 128 Å². The molecule has 0 saturated carbocycles. The minimum Gasteiger partial charge on any atom is -0.508 e. The second kappa shape index (κ2) is 14.8. The molecule has 0 aliphatic carbocycles. The fourth-order valence-electron chi connectivity index (χ4n) is 5.93. The van der Waals surface area contributed by atoms with Crippen LogP contribution in [-0.2, 0) is 20.2 Å². The van der Waals surface area contributed by atoms with Crippen molar-refractivity contribution in [2.75, 3.05) is 6.67 Å².